The van der Waals surface area contributed by atoms with Crippen molar-refractivity contribution in [2.45, 2.75) is 6.42 Å². The van der Waals surface area contributed by atoms with Crippen molar-refractivity contribution in [3.8, 4) is 16.9 Å². The molecule has 1 heterocycles. The van der Waals surface area contributed by atoms with Gasteiger partial charge in [0.2, 0.25) is 0 Å². The number of hydrogen-bond acceptors (Lipinski definition) is 3. The molecule has 5 heteroatoms. The summed E-state index contributed by atoms with van der Waals surface area (Å²) in [5.74, 6) is -0.741. The van der Waals surface area contributed by atoms with Crippen LogP contribution in [0, 0.1) is 5.82 Å². The molecule has 0 radical (unpaired) electrons. The van der Waals surface area contributed by atoms with E-state index in [-0.39, 0.29) is 17.8 Å². The zero-order valence-electron chi connectivity index (χ0n) is 13.6. The molecule has 0 aliphatic carbocycles. The van der Waals surface area contributed by atoms with Crippen LogP contribution in [0.1, 0.15) is 21.5 Å². The molecule has 0 fully saturated rings. The Morgan fingerprint density at radius 2 is 1.92 bits per heavy atom. The molecule has 0 unspecified atom stereocenters. The zero-order valence-corrected chi connectivity index (χ0v) is 13.6. The second-order valence-electron chi connectivity index (χ2n) is 5.55. The summed E-state index contributed by atoms with van der Waals surface area (Å²) >= 11 is 0. The SMILES string of the molecule is COc1cccc(-c2ccc(Cc3cnccc3C(=O)O)c(F)c2)c1. The minimum atomic E-state index is -1.05. The third-order valence-electron chi connectivity index (χ3n) is 3.97. The Kier molecular flexibility index (Phi) is 4.75. The standard InChI is InChI=1S/C20H16FNO3/c1-25-17-4-2-3-13(10-17)14-5-6-15(19(21)11-14)9-16-12-22-8-7-18(16)20(23)24/h2-8,10-12H,9H2,1H3,(H,23,24). The molecule has 4 nitrogen and oxygen atoms in total. The maximum atomic E-state index is 14.5. The van der Waals surface area contributed by atoms with Crippen LogP contribution in [0.5, 0.6) is 5.75 Å². The third-order valence-corrected chi connectivity index (χ3v) is 3.97. The fourth-order valence-corrected chi connectivity index (χ4v) is 2.65. The average Bonchev–Trinajstić information content (AvgIpc) is 2.63. The molecule has 0 spiro atoms. The Morgan fingerprint density at radius 1 is 1.12 bits per heavy atom. The Balaban J connectivity index is 1.92. The molecule has 0 aliphatic rings. The Hall–Kier alpha value is -3.21. The molecular formula is C20H16FNO3. The van der Waals surface area contributed by atoms with E-state index in [4.69, 9.17) is 4.74 Å². The first-order valence-corrected chi connectivity index (χ1v) is 7.67. The molecule has 0 atom stereocenters. The quantitative estimate of drug-likeness (QED) is 0.758. The molecule has 2 aromatic carbocycles. The van der Waals surface area contributed by atoms with Crippen LogP contribution in [-0.4, -0.2) is 23.2 Å². The van der Waals surface area contributed by atoms with Crippen LogP contribution < -0.4 is 4.74 Å². The van der Waals surface area contributed by atoms with Gasteiger partial charge in [-0.15, -0.1) is 0 Å². The molecular weight excluding hydrogens is 321 g/mol. The van der Waals surface area contributed by atoms with Crippen molar-refractivity contribution in [1.29, 1.82) is 0 Å². The van der Waals surface area contributed by atoms with E-state index in [0.717, 1.165) is 11.1 Å². The van der Waals surface area contributed by atoms with Gasteiger partial charge in [0.15, 0.2) is 0 Å². The molecule has 25 heavy (non-hydrogen) atoms. The second-order valence-corrected chi connectivity index (χ2v) is 5.55. The topological polar surface area (TPSA) is 59.4 Å². The second kappa shape index (κ2) is 7.13. The van der Waals surface area contributed by atoms with Crippen molar-refractivity contribution in [3.05, 3.63) is 83.4 Å². The van der Waals surface area contributed by atoms with E-state index in [2.05, 4.69) is 4.98 Å². The molecule has 1 aromatic heterocycles. The van der Waals surface area contributed by atoms with Gasteiger partial charge in [0, 0.05) is 18.8 Å². The average molecular weight is 337 g/mol. The summed E-state index contributed by atoms with van der Waals surface area (Å²) in [6, 6.07) is 13.7. The highest BCUT2D eigenvalue weighted by Gasteiger charge is 2.13. The maximum Gasteiger partial charge on any atom is 0.336 e. The van der Waals surface area contributed by atoms with Crippen LogP contribution in [0.15, 0.2) is 60.9 Å². The van der Waals surface area contributed by atoms with Gasteiger partial charge in [0.1, 0.15) is 11.6 Å². The number of halogens is 1. The molecule has 0 saturated carbocycles. The van der Waals surface area contributed by atoms with Crippen LogP contribution in [0.4, 0.5) is 4.39 Å². The molecule has 0 saturated heterocycles. The zero-order chi connectivity index (χ0) is 17.8. The number of nitrogens with zero attached hydrogens (tertiary/aromatic N) is 1. The van der Waals surface area contributed by atoms with Gasteiger partial charge < -0.3 is 9.84 Å². The van der Waals surface area contributed by atoms with Gasteiger partial charge in [-0.25, -0.2) is 9.18 Å². The normalized spacial score (nSPS) is 10.5. The summed E-state index contributed by atoms with van der Waals surface area (Å²) in [6.07, 6.45) is 3.04. The number of aromatic nitrogens is 1. The van der Waals surface area contributed by atoms with E-state index in [9.17, 15) is 14.3 Å². The number of carboxylic acid groups (broad SMARTS) is 1. The summed E-state index contributed by atoms with van der Waals surface area (Å²) in [6.45, 7) is 0. The van der Waals surface area contributed by atoms with Gasteiger partial charge in [-0.3, -0.25) is 4.98 Å². The van der Waals surface area contributed by atoms with E-state index >= 15 is 0 Å². The minimum Gasteiger partial charge on any atom is -0.497 e. The van der Waals surface area contributed by atoms with E-state index in [1.54, 1.807) is 13.2 Å². The lowest BCUT2D eigenvalue weighted by Gasteiger charge is -2.09. The van der Waals surface area contributed by atoms with Gasteiger partial charge in [-0.2, -0.15) is 0 Å². The Labute approximate surface area is 144 Å². The van der Waals surface area contributed by atoms with Crippen molar-refractivity contribution >= 4 is 5.97 Å². The van der Waals surface area contributed by atoms with Gasteiger partial charge in [0.05, 0.1) is 12.7 Å². The summed E-state index contributed by atoms with van der Waals surface area (Å²) < 4.78 is 19.7. The first-order valence-electron chi connectivity index (χ1n) is 7.67. The molecule has 3 rings (SSSR count). The molecule has 1 N–H and O–H groups in total. The Morgan fingerprint density at radius 3 is 2.64 bits per heavy atom. The van der Waals surface area contributed by atoms with E-state index < -0.39 is 5.97 Å². The molecule has 0 bridgehead atoms. The lowest BCUT2D eigenvalue weighted by atomic mass is 9.98. The third kappa shape index (κ3) is 3.66. The number of pyridine rings is 1. The fourth-order valence-electron chi connectivity index (χ4n) is 2.65. The number of carboxylic acids is 1. The highest BCUT2D eigenvalue weighted by Crippen LogP contribution is 2.26. The minimum absolute atomic E-state index is 0.131. The molecule has 126 valence electrons. The number of hydrogen-bond donors (Lipinski definition) is 1. The van der Waals surface area contributed by atoms with Crippen LogP contribution in [0.2, 0.25) is 0 Å². The molecule has 0 amide bonds. The number of rotatable bonds is 5. The van der Waals surface area contributed by atoms with Crippen molar-refractivity contribution in [2.75, 3.05) is 7.11 Å². The smallest absolute Gasteiger partial charge is 0.336 e. The highest BCUT2D eigenvalue weighted by molar-refractivity contribution is 5.89. The van der Waals surface area contributed by atoms with Crippen LogP contribution >= 0.6 is 0 Å². The summed E-state index contributed by atoms with van der Waals surface area (Å²) in [4.78, 5) is 15.2. The number of aromatic carboxylic acids is 1. The first-order chi connectivity index (χ1) is 12.1. The fraction of sp³-hybridized carbons (Fsp3) is 0.100. The summed E-state index contributed by atoms with van der Waals surface area (Å²) in [5.41, 5.74) is 2.60. The predicted octanol–water partition coefficient (Wildman–Crippen LogP) is 4.19. The van der Waals surface area contributed by atoms with Crippen molar-refractivity contribution in [1.82, 2.24) is 4.98 Å². The van der Waals surface area contributed by atoms with Gasteiger partial charge in [-0.1, -0.05) is 24.3 Å². The molecule has 0 aliphatic heterocycles. The summed E-state index contributed by atoms with van der Waals surface area (Å²) in [7, 11) is 1.58. The number of carbonyl (C=O) groups is 1. The van der Waals surface area contributed by atoms with Crippen molar-refractivity contribution in [2.24, 2.45) is 0 Å². The lowest BCUT2D eigenvalue weighted by molar-refractivity contribution is 0.0695. The lowest BCUT2D eigenvalue weighted by Crippen LogP contribution is -2.04. The first kappa shape index (κ1) is 16.6. The van der Waals surface area contributed by atoms with Crippen molar-refractivity contribution in [3.63, 3.8) is 0 Å². The van der Waals surface area contributed by atoms with Gasteiger partial charge in [0.25, 0.3) is 0 Å². The Bertz CT molecular complexity index is 924. The predicted molar refractivity (Wildman–Crippen MR) is 92.4 cm³/mol. The van der Waals surface area contributed by atoms with Crippen LogP contribution in [0.25, 0.3) is 11.1 Å². The highest BCUT2D eigenvalue weighted by atomic mass is 19.1. The monoisotopic (exact) mass is 337 g/mol. The van der Waals surface area contributed by atoms with Gasteiger partial charge in [-0.05, 0) is 46.5 Å². The number of ether oxygens (including phenoxy) is 1. The van der Waals surface area contributed by atoms with Crippen molar-refractivity contribution < 1.29 is 19.0 Å². The largest absolute Gasteiger partial charge is 0.497 e. The van der Waals surface area contributed by atoms with Gasteiger partial charge >= 0.3 is 5.97 Å². The van der Waals surface area contributed by atoms with E-state index in [0.29, 0.717) is 16.9 Å². The maximum absolute atomic E-state index is 14.5. The van der Waals surface area contributed by atoms with Crippen LogP contribution in [0.3, 0.4) is 0 Å². The van der Waals surface area contributed by atoms with Crippen LogP contribution in [-0.2, 0) is 6.42 Å². The number of methoxy groups -OCH3 is 1. The molecule has 3 aromatic rings. The summed E-state index contributed by atoms with van der Waals surface area (Å²) in [5, 5.41) is 9.22. The van der Waals surface area contributed by atoms with E-state index in [1.165, 1.54) is 24.5 Å². The van der Waals surface area contributed by atoms with E-state index in [1.807, 2.05) is 30.3 Å². The number of benzene rings is 2.